The van der Waals surface area contributed by atoms with Crippen molar-refractivity contribution in [3.63, 3.8) is 0 Å². The fourth-order valence-corrected chi connectivity index (χ4v) is 2.84. The number of anilines is 1. The third kappa shape index (κ3) is 5.76. The zero-order chi connectivity index (χ0) is 19.2. The molecule has 1 aliphatic heterocycles. The van der Waals surface area contributed by atoms with Crippen LogP contribution in [0.4, 0.5) is 19.0 Å². The van der Waals surface area contributed by atoms with Crippen LogP contribution in [0.2, 0.25) is 0 Å². The van der Waals surface area contributed by atoms with Gasteiger partial charge in [-0.25, -0.2) is 4.98 Å². The number of dihydropyridines is 1. The Kier molecular flexibility index (Phi) is 7.08. The van der Waals surface area contributed by atoms with E-state index in [-0.39, 0.29) is 12.1 Å². The van der Waals surface area contributed by atoms with E-state index < -0.39 is 11.7 Å². The van der Waals surface area contributed by atoms with Crippen molar-refractivity contribution in [2.75, 3.05) is 39.0 Å². The van der Waals surface area contributed by atoms with Gasteiger partial charge in [-0.2, -0.15) is 13.2 Å². The molecule has 0 bridgehead atoms. The maximum atomic E-state index is 13.2. The second-order valence-corrected chi connectivity index (χ2v) is 6.78. The van der Waals surface area contributed by atoms with Crippen molar-refractivity contribution < 1.29 is 13.2 Å². The number of aromatic nitrogens is 1. The molecule has 0 fully saturated rings. The Morgan fingerprint density at radius 1 is 1.31 bits per heavy atom. The molecule has 2 rings (SSSR count). The molecule has 0 aliphatic carbocycles. The summed E-state index contributed by atoms with van der Waals surface area (Å²) in [5.41, 5.74) is 0.0873. The predicted octanol–water partition coefficient (Wildman–Crippen LogP) is 3.90. The van der Waals surface area contributed by atoms with Gasteiger partial charge in [0.2, 0.25) is 0 Å². The average Bonchev–Trinajstić information content (AvgIpc) is 2.61. The molecule has 0 radical (unpaired) electrons. The van der Waals surface area contributed by atoms with Crippen molar-refractivity contribution in [1.29, 1.82) is 0 Å². The van der Waals surface area contributed by atoms with Crippen molar-refractivity contribution in [2.45, 2.75) is 25.9 Å². The molecule has 0 amide bonds. The van der Waals surface area contributed by atoms with Crippen molar-refractivity contribution in [2.24, 2.45) is 5.92 Å². The summed E-state index contributed by atoms with van der Waals surface area (Å²) in [5, 5.41) is 6.13. The summed E-state index contributed by atoms with van der Waals surface area (Å²) in [6, 6.07) is 3.44. The molecule has 0 spiro atoms. The van der Waals surface area contributed by atoms with Gasteiger partial charge in [0, 0.05) is 19.3 Å². The quantitative estimate of drug-likeness (QED) is 0.730. The predicted molar refractivity (Wildman–Crippen MR) is 99.8 cm³/mol. The van der Waals surface area contributed by atoms with E-state index in [4.69, 9.17) is 0 Å². The van der Waals surface area contributed by atoms with Gasteiger partial charge in [-0.05, 0) is 68.5 Å². The molecule has 2 N–H and O–H groups in total. The van der Waals surface area contributed by atoms with Crippen LogP contribution < -0.4 is 10.6 Å². The highest BCUT2D eigenvalue weighted by Gasteiger charge is 2.35. The number of halogens is 3. The highest BCUT2D eigenvalue weighted by Crippen LogP contribution is 2.34. The van der Waals surface area contributed by atoms with Crippen LogP contribution in [0.5, 0.6) is 0 Å². The van der Waals surface area contributed by atoms with Crippen LogP contribution in [0.25, 0.3) is 5.57 Å². The Morgan fingerprint density at radius 3 is 2.65 bits per heavy atom. The van der Waals surface area contributed by atoms with E-state index in [9.17, 15) is 13.2 Å². The second-order valence-electron chi connectivity index (χ2n) is 6.78. The normalized spacial score (nSPS) is 16.0. The molecule has 0 saturated carbocycles. The number of allylic oxidation sites excluding steroid dienone is 2. The third-order valence-corrected chi connectivity index (χ3v) is 4.52. The van der Waals surface area contributed by atoms with Gasteiger partial charge < -0.3 is 15.5 Å². The van der Waals surface area contributed by atoms with Gasteiger partial charge in [-0.3, -0.25) is 0 Å². The first-order valence-corrected chi connectivity index (χ1v) is 8.86. The second kappa shape index (κ2) is 9.07. The number of rotatable bonds is 8. The average molecular weight is 368 g/mol. The van der Waals surface area contributed by atoms with Gasteiger partial charge in [0.1, 0.15) is 5.82 Å². The Labute approximate surface area is 153 Å². The number of nitrogens with zero attached hydrogens (tertiary/aromatic N) is 2. The molecule has 4 nitrogen and oxygen atoms in total. The molecule has 2 heterocycles. The molecule has 0 saturated heterocycles. The fourth-order valence-electron chi connectivity index (χ4n) is 2.84. The van der Waals surface area contributed by atoms with Gasteiger partial charge in [-0.15, -0.1) is 0 Å². The van der Waals surface area contributed by atoms with Crippen LogP contribution in [-0.4, -0.2) is 49.8 Å². The summed E-state index contributed by atoms with van der Waals surface area (Å²) in [6.45, 7) is 4.13. The number of nitrogens with one attached hydrogen (secondary N) is 2. The van der Waals surface area contributed by atoms with E-state index in [0.29, 0.717) is 17.3 Å². The number of hydrogen-bond acceptors (Lipinski definition) is 4. The Morgan fingerprint density at radius 2 is 2.08 bits per heavy atom. The molecular weight excluding hydrogens is 341 g/mol. The zero-order valence-electron chi connectivity index (χ0n) is 15.5. The standard InChI is InChI=1S/C19H27F3N4/c1-4-14(8-10-26(2)3)11-24-18-6-5-15(12-25-18)16-13-23-9-7-17(16)19(20,21)22/h5-7,9,12,14,23H,4,8,10-11,13H2,1-3H3,(H,24,25). The monoisotopic (exact) mass is 368 g/mol. The molecule has 7 heteroatoms. The van der Waals surface area contributed by atoms with E-state index >= 15 is 0 Å². The molecule has 1 aromatic rings. The number of hydrogen-bond donors (Lipinski definition) is 2. The van der Waals surface area contributed by atoms with Crippen LogP contribution in [0.1, 0.15) is 25.3 Å². The smallest absolute Gasteiger partial charge is 0.387 e. The van der Waals surface area contributed by atoms with E-state index in [1.165, 1.54) is 12.4 Å². The van der Waals surface area contributed by atoms with E-state index in [1.54, 1.807) is 12.1 Å². The van der Waals surface area contributed by atoms with Gasteiger partial charge in [0.05, 0.1) is 5.57 Å². The van der Waals surface area contributed by atoms with Gasteiger partial charge >= 0.3 is 6.18 Å². The molecule has 1 unspecified atom stereocenters. The first-order chi connectivity index (χ1) is 12.3. The van der Waals surface area contributed by atoms with E-state index in [0.717, 1.165) is 32.0 Å². The van der Waals surface area contributed by atoms with E-state index in [1.807, 2.05) is 0 Å². The number of pyridine rings is 1. The van der Waals surface area contributed by atoms with Crippen LogP contribution in [0.15, 0.2) is 36.2 Å². The molecule has 1 atom stereocenters. The molecule has 26 heavy (non-hydrogen) atoms. The molecule has 1 aliphatic rings. The SMILES string of the molecule is CCC(CCN(C)C)CNc1ccc(C2=C(C(F)(F)F)C=CNC2)cn1. The zero-order valence-corrected chi connectivity index (χ0v) is 15.5. The summed E-state index contributed by atoms with van der Waals surface area (Å²) in [6.07, 6.45) is 1.69. The van der Waals surface area contributed by atoms with E-state index in [2.05, 4.69) is 41.5 Å². The minimum Gasteiger partial charge on any atom is -0.387 e. The largest absolute Gasteiger partial charge is 0.416 e. The lowest BCUT2D eigenvalue weighted by molar-refractivity contribution is -0.0879. The Balaban J connectivity index is 2.04. The van der Waals surface area contributed by atoms with Crippen LogP contribution in [-0.2, 0) is 0 Å². The van der Waals surface area contributed by atoms with Crippen molar-refractivity contribution >= 4 is 11.4 Å². The molecular formula is C19H27F3N4. The minimum atomic E-state index is -4.37. The van der Waals surface area contributed by atoms with Gasteiger partial charge in [-0.1, -0.05) is 13.3 Å². The molecule has 144 valence electrons. The van der Waals surface area contributed by atoms with Crippen molar-refractivity contribution in [1.82, 2.24) is 15.2 Å². The molecule has 1 aromatic heterocycles. The van der Waals surface area contributed by atoms with Crippen molar-refractivity contribution in [3.05, 3.63) is 41.7 Å². The Hall–Kier alpha value is -2.02. The van der Waals surface area contributed by atoms with Crippen LogP contribution in [0, 0.1) is 5.92 Å². The summed E-state index contributed by atoms with van der Waals surface area (Å²) in [7, 11) is 4.11. The highest BCUT2D eigenvalue weighted by molar-refractivity contribution is 5.74. The van der Waals surface area contributed by atoms with Gasteiger partial charge in [0.15, 0.2) is 0 Å². The fraction of sp³-hybridized carbons (Fsp3) is 0.526. The highest BCUT2D eigenvalue weighted by atomic mass is 19.4. The first kappa shape index (κ1) is 20.3. The lowest BCUT2D eigenvalue weighted by Gasteiger charge is -2.20. The lowest BCUT2D eigenvalue weighted by Crippen LogP contribution is -2.22. The summed E-state index contributed by atoms with van der Waals surface area (Å²) in [5.74, 6) is 1.22. The van der Waals surface area contributed by atoms with Crippen molar-refractivity contribution in [3.8, 4) is 0 Å². The molecule has 0 aromatic carbocycles. The lowest BCUT2D eigenvalue weighted by atomic mass is 9.99. The number of alkyl halides is 3. The summed E-state index contributed by atoms with van der Waals surface area (Å²) < 4.78 is 39.5. The third-order valence-electron chi connectivity index (χ3n) is 4.52. The van der Waals surface area contributed by atoms with Crippen LogP contribution >= 0.6 is 0 Å². The topological polar surface area (TPSA) is 40.2 Å². The van der Waals surface area contributed by atoms with Crippen LogP contribution in [0.3, 0.4) is 0 Å². The maximum Gasteiger partial charge on any atom is 0.416 e. The minimum absolute atomic E-state index is 0.141. The van der Waals surface area contributed by atoms with Gasteiger partial charge in [0.25, 0.3) is 0 Å². The Bertz CT molecular complexity index is 633. The maximum absolute atomic E-state index is 13.2. The first-order valence-electron chi connectivity index (χ1n) is 8.86. The summed E-state index contributed by atoms with van der Waals surface area (Å²) >= 11 is 0. The summed E-state index contributed by atoms with van der Waals surface area (Å²) in [4.78, 5) is 6.46.